The van der Waals surface area contributed by atoms with Crippen LogP contribution in [0, 0.1) is 12.8 Å². The lowest BCUT2D eigenvalue weighted by Crippen LogP contribution is -2.27. The standard InChI is InChI=1S/C16H27NO2S/c1-13(2)11-17-12-15(9-10-20(4,18)19)16-8-6-5-7-14(16)3/h5-8,13,15,17H,9-12H2,1-4H3. The topological polar surface area (TPSA) is 46.2 Å². The third kappa shape index (κ3) is 6.53. The Kier molecular flexibility index (Phi) is 6.69. The Balaban J connectivity index is 2.76. The van der Waals surface area contributed by atoms with Crippen LogP contribution in [0.2, 0.25) is 0 Å². The molecule has 114 valence electrons. The van der Waals surface area contributed by atoms with Crippen molar-refractivity contribution in [3.8, 4) is 0 Å². The van der Waals surface area contributed by atoms with Crippen molar-refractivity contribution in [3.05, 3.63) is 35.4 Å². The maximum absolute atomic E-state index is 11.4. The van der Waals surface area contributed by atoms with Crippen molar-refractivity contribution in [3.63, 3.8) is 0 Å². The Bertz CT molecular complexity index is 509. The van der Waals surface area contributed by atoms with E-state index in [1.165, 1.54) is 17.4 Å². The molecule has 1 N–H and O–H groups in total. The van der Waals surface area contributed by atoms with Crippen LogP contribution in [-0.2, 0) is 9.84 Å². The van der Waals surface area contributed by atoms with Gasteiger partial charge in [-0.1, -0.05) is 38.1 Å². The molecule has 1 unspecified atom stereocenters. The average molecular weight is 297 g/mol. The first kappa shape index (κ1) is 17.2. The van der Waals surface area contributed by atoms with Crippen LogP contribution in [0.4, 0.5) is 0 Å². The van der Waals surface area contributed by atoms with Gasteiger partial charge in [0.15, 0.2) is 0 Å². The van der Waals surface area contributed by atoms with E-state index in [1.54, 1.807) is 0 Å². The molecule has 1 atom stereocenters. The van der Waals surface area contributed by atoms with Crippen molar-refractivity contribution >= 4 is 9.84 Å². The molecule has 0 radical (unpaired) electrons. The van der Waals surface area contributed by atoms with Crippen LogP contribution in [-0.4, -0.2) is 33.5 Å². The Morgan fingerprint density at radius 3 is 2.35 bits per heavy atom. The predicted octanol–water partition coefficient (Wildman–Crippen LogP) is 2.76. The summed E-state index contributed by atoms with van der Waals surface area (Å²) in [6.07, 6.45) is 1.98. The van der Waals surface area contributed by atoms with Crippen LogP contribution in [0.15, 0.2) is 24.3 Å². The second-order valence-electron chi connectivity index (χ2n) is 6.02. The van der Waals surface area contributed by atoms with Gasteiger partial charge in [0.1, 0.15) is 9.84 Å². The molecule has 0 fully saturated rings. The number of rotatable bonds is 8. The summed E-state index contributed by atoms with van der Waals surface area (Å²) >= 11 is 0. The molecule has 0 aliphatic carbocycles. The molecule has 0 saturated heterocycles. The van der Waals surface area contributed by atoms with E-state index in [0.29, 0.717) is 12.3 Å². The molecule has 4 heteroatoms. The highest BCUT2D eigenvalue weighted by Gasteiger charge is 2.16. The van der Waals surface area contributed by atoms with Gasteiger partial charge in [0.05, 0.1) is 5.75 Å². The van der Waals surface area contributed by atoms with E-state index < -0.39 is 9.84 Å². The molecule has 3 nitrogen and oxygen atoms in total. The van der Waals surface area contributed by atoms with Gasteiger partial charge in [0.2, 0.25) is 0 Å². The minimum atomic E-state index is -2.91. The van der Waals surface area contributed by atoms with Crippen molar-refractivity contribution in [2.45, 2.75) is 33.1 Å². The zero-order chi connectivity index (χ0) is 15.2. The minimum absolute atomic E-state index is 0.245. The quantitative estimate of drug-likeness (QED) is 0.802. The van der Waals surface area contributed by atoms with Gasteiger partial charge in [0, 0.05) is 12.8 Å². The third-order valence-electron chi connectivity index (χ3n) is 3.41. The molecule has 0 bridgehead atoms. The second-order valence-corrected chi connectivity index (χ2v) is 8.28. The number of hydrogen-bond acceptors (Lipinski definition) is 3. The van der Waals surface area contributed by atoms with Gasteiger partial charge >= 0.3 is 0 Å². The summed E-state index contributed by atoms with van der Waals surface area (Å²) in [7, 11) is -2.91. The van der Waals surface area contributed by atoms with E-state index in [1.807, 2.05) is 12.1 Å². The lowest BCUT2D eigenvalue weighted by Gasteiger charge is -2.20. The lowest BCUT2D eigenvalue weighted by molar-refractivity contribution is 0.506. The van der Waals surface area contributed by atoms with E-state index in [2.05, 4.69) is 38.2 Å². The van der Waals surface area contributed by atoms with Gasteiger partial charge < -0.3 is 5.32 Å². The molecular weight excluding hydrogens is 270 g/mol. The molecule has 0 aliphatic rings. The number of hydrogen-bond donors (Lipinski definition) is 1. The molecule has 0 spiro atoms. The molecule has 1 rings (SSSR count). The van der Waals surface area contributed by atoms with Crippen LogP contribution in [0.5, 0.6) is 0 Å². The van der Waals surface area contributed by atoms with Crippen LogP contribution >= 0.6 is 0 Å². The number of sulfone groups is 1. The summed E-state index contributed by atoms with van der Waals surface area (Å²) in [5, 5.41) is 3.45. The van der Waals surface area contributed by atoms with Gasteiger partial charge in [-0.25, -0.2) is 8.42 Å². The molecular formula is C16H27NO2S. The van der Waals surface area contributed by atoms with Crippen molar-refractivity contribution in [2.75, 3.05) is 25.1 Å². The van der Waals surface area contributed by atoms with Gasteiger partial charge in [-0.2, -0.15) is 0 Å². The third-order valence-corrected chi connectivity index (χ3v) is 4.39. The summed E-state index contributed by atoms with van der Waals surface area (Å²) in [6, 6.07) is 8.25. The van der Waals surface area contributed by atoms with Crippen LogP contribution in [0.3, 0.4) is 0 Å². The van der Waals surface area contributed by atoms with Crippen LogP contribution < -0.4 is 5.32 Å². The summed E-state index contributed by atoms with van der Waals surface area (Å²) in [6.45, 7) is 8.23. The van der Waals surface area contributed by atoms with Crippen LogP contribution in [0.1, 0.15) is 37.3 Å². The van der Waals surface area contributed by atoms with Gasteiger partial charge in [-0.15, -0.1) is 0 Å². The maximum Gasteiger partial charge on any atom is 0.147 e. The van der Waals surface area contributed by atoms with Crippen LogP contribution in [0.25, 0.3) is 0 Å². The Hall–Kier alpha value is -0.870. The highest BCUT2D eigenvalue weighted by molar-refractivity contribution is 7.90. The van der Waals surface area contributed by atoms with E-state index in [-0.39, 0.29) is 11.7 Å². The first-order valence-corrected chi connectivity index (χ1v) is 9.29. The molecule has 0 saturated carbocycles. The maximum atomic E-state index is 11.4. The molecule has 0 amide bonds. The smallest absolute Gasteiger partial charge is 0.147 e. The molecule has 0 aromatic heterocycles. The number of aryl methyl sites for hydroxylation is 1. The van der Waals surface area contributed by atoms with Gasteiger partial charge in [-0.05, 0) is 42.9 Å². The monoisotopic (exact) mass is 297 g/mol. The Morgan fingerprint density at radius 2 is 1.80 bits per heavy atom. The minimum Gasteiger partial charge on any atom is -0.316 e. The van der Waals surface area contributed by atoms with E-state index >= 15 is 0 Å². The Labute approximate surface area is 123 Å². The molecule has 20 heavy (non-hydrogen) atoms. The fourth-order valence-electron chi connectivity index (χ4n) is 2.31. The lowest BCUT2D eigenvalue weighted by atomic mass is 9.92. The first-order chi connectivity index (χ1) is 9.29. The van der Waals surface area contributed by atoms with E-state index in [9.17, 15) is 8.42 Å². The second kappa shape index (κ2) is 7.79. The van der Waals surface area contributed by atoms with E-state index in [0.717, 1.165) is 13.1 Å². The molecule has 0 aliphatic heterocycles. The van der Waals surface area contributed by atoms with Crippen molar-refractivity contribution in [1.82, 2.24) is 5.32 Å². The van der Waals surface area contributed by atoms with E-state index in [4.69, 9.17) is 0 Å². The summed E-state index contributed by atoms with van der Waals surface area (Å²) in [4.78, 5) is 0. The predicted molar refractivity (Wildman–Crippen MR) is 86.0 cm³/mol. The summed E-state index contributed by atoms with van der Waals surface area (Å²) < 4.78 is 22.8. The Morgan fingerprint density at radius 1 is 1.15 bits per heavy atom. The molecule has 1 aromatic carbocycles. The summed E-state index contributed by atoms with van der Waals surface area (Å²) in [5.74, 6) is 1.10. The zero-order valence-corrected chi connectivity index (χ0v) is 13.8. The fraction of sp³-hybridized carbons (Fsp3) is 0.625. The largest absolute Gasteiger partial charge is 0.316 e. The number of nitrogens with one attached hydrogen (secondary N) is 1. The van der Waals surface area contributed by atoms with Gasteiger partial charge in [0.25, 0.3) is 0 Å². The highest BCUT2D eigenvalue weighted by Crippen LogP contribution is 2.23. The SMILES string of the molecule is Cc1ccccc1C(CCS(C)(=O)=O)CNCC(C)C. The first-order valence-electron chi connectivity index (χ1n) is 7.23. The molecule has 1 aromatic rings. The van der Waals surface area contributed by atoms with Gasteiger partial charge in [-0.3, -0.25) is 0 Å². The normalized spacial score (nSPS) is 13.7. The average Bonchev–Trinajstić information content (AvgIpc) is 2.33. The fourth-order valence-corrected chi connectivity index (χ4v) is 3.03. The zero-order valence-electron chi connectivity index (χ0n) is 13.0. The number of benzene rings is 1. The van der Waals surface area contributed by atoms with Crippen molar-refractivity contribution < 1.29 is 8.42 Å². The highest BCUT2D eigenvalue weighted by atomic mass is 32.2. The molecule has 0 heterocycles. The van der Waals surface area contributed by atoms with Crippen molar-refractivity contribution in [2.24, 2.45) is 5.92 Å². The summed E-state index contributed by atoms with van der Waals surface area (Å²) in [5.41, 5.74) is 2.49. The van der Waals surface area contributed by atoms with Crippen molar-refractivity contribution in [1.29, 1.82) is 0 Å².